The molecular formula is C58H66Br2O6. The summed E-state index contributed by atoms with van der Waals surface area (Å²) in [7, 11) is 0. The first kappa shape index (κ1) is 49.0. The Morgan fingerprint density at radius 1 is 0.258 bits per heavy atom. The van der Waals surface area contributed by atoms with Gasteiger partial charge in [0.1, 0.15) is 34.5 Å². The second-order valence-corrected chi connectivity index (χ2v) is 24.6. The Labute approximate surface area is 408 Å². The van der Waals surface area contributed by atoms with Crippen molar-refractivity contribution in [2.45, 2.75) is 143 Å². The van der Waals surface area contributed by atoms with E-state index < -0.39 is 0 Å². The van der Waals surface area contributed by atoms with Crippen molar-refractivity contribution in [3.05, 3.63) is 171 Å². The van der Waals surface area contributed by atoms with Crippen molar-refractivity contribution < 1.29 is 30.6 Å². The molecular weight excluding hydrogens is 952 g/mol. The summed E-state index contributed by atoms with van der Waals surface area (Å²) in [6.45, 7) is 25.5. The molecule has 0 atom stereocenters. The van der Waals surface area contributed by atoms with Gasteiger partial charge in [-0.15, -0.1) is 0 Å². The molecule has 0 saturated carbocycles. The van der Waals surface area contributed by atoms with Gasteiger partial charge in [-0.1, -0.05) is 163 Å². The zero-order chi connectivity index (χ0) is 48.6. The Kier molecular flexibility index (Phi) is 13.1. The molecule has 8 heteroatoms. The van der Waals surface area contributed by atoms with E-state index in [2.05, 4.69) is 115 Å². The molecule has 0 aliphatic heterocycles. The second kappa shape index (κ2) is 17.6. The van der Waals surface area contributed by atoms with Crippen molar-refractivity contribution in [2.75, 3.05) is 0 Å². The summed E-state index contributed by atoms with van der Waals surface area (Å²) in [6, 6.07) is 23.6. The van der Waals surface area contributed by atoms with E-state index in [9.17, 15) is 30.6 Å². The Bertz CT molecular complexity index is 2500. The van der Waals surface area contributed by atoms with E-state index in [4.69, 9.17) is 0 Å². The lowest BCUT2D eigenvalue weighted by atomic mass is 9.80. The minimum atomic E-state index is -0.292. The summed E-state index contributed by atoms with van der Waals surface area (Å²) in [5, 5.41) is 73.1. The lowest BCUT2D eigenvalue weighted by Crippen LogP contribution is -2.14. The average molecular weight is 1020 g/mol. The quantitative estimate of drug-likeness (QED) is 0.0900. The van der Waals surface area contributed by atoms with Gasteiger partial charge >= 0.3 is 0 Å². The summed E-state index contributed by atoms with van der Waals surface area (Å²) < 4.78 is 1.50. The summed E-state index contributed by atoms with van der Waals surface area (Å²) in [6.07, 6.45) is 1.33. The molecule has 6 aromatic carbocycles. The number of benzene rings is 6. The van der Waals surface area contributed by atoms with Crippen LogP contribution in [0.25, 0.3) is 0 Å². The van der Waals surface area contributed by atoms with Crippen molar-refractivity contribution in [1.29, 1.82) is 0 Å². The predicted molar refractivity (Wildman–Crippen MR) is 276 cm³/mol. The molecule has 6 aromatic rings. The van der Waals surface area contributed by atoms with Gasteiger partial charge in [-0.25, -0.2) is 0 Å². The monoisotopic (exact) mass is 1020 g/mol. The highest BCUT2D eigenvalue weighted by atomic mass is 79.9. The van der Waals surface area contributed by atoms with Gasteiger partial charge < -0.3 is 30.6 Å². The highest BCUT2D eigenvalue weighted by Gasteiger charge is 2.27. The standard InChI is InChI=1S/C58H66Br2O6/c1-55(2,3)43-19-31-13-32-20-44(56(4,5)6)24-36(50(32)62)16-41-29-48(60)30-42(54(41)66)18-38-26-46(58(10,11)12)22-34(52(38)64)14-33-21-45(57(7,8)9)25-37(51(33)63)17-40-28-47(59)27-39(53(40)65)15-35(23-43)49(31)61/h19-30,61-66H,13-18H2,1-12H3. The lowest BCUT2D eigenvalue weighted by molar-refractivity contribution is 0.450. The van der Waals surface area contributed by atoms with Crippen LogP contribution in [0.4, 0.5) is 0 Å². The molecule has 0 heterocycles. The zero-order valence-electron chi connectivity index (χ0n) is 40.6. The van der Waals surface area contributed by atoms with Gasteiger partial charge in [0.25, 0.3) is 0 Å². The van der Waals surface area contributed by atoms with Crippen molar-refractivity contribution in [1.82, 2.24) is 0 Å². The summed E-state index contributed by atoms with van der Waals surface area (Å²) in [4.78, 5) is 0. The third-order valence-electron chi connectivity index (χ3n) is 13.3. The van der Waals surface area contributed by atoms with Crippen LogP contribution >= 0.6 is 31.9 Å². The van der Waals surface area contributed by atoms with Gasteiger partial charge in [0.2, 0.25) is 0 Å². The number of hydrogen-bond acceptors (Lipinski definition) is 6. The van der Waals surface area contributed by atoms with Crippen LogP contribution in [0.2, 0.25) is 0 Å². The van der Waals surface area contributed by atoms with Crippen LogP contribution in [0.5, 0.6) is 34.5 Å². The number of phenolic OH excluding ortho intramolecular Hbond substituents is 6. The average Bonchev–Trinajstić information content (AvgIpc) is 3.18. The number of hydrogen-bond donors (Lipinski definition) is 6. The molecule has 0 spiro atoms. The normalized spacial score (nSPS) is 13.9. The van der Waals surface area contributed by atoms with Crippen LogP contribution in [-0.2, 0) is 60.2 Å². The molecule has 66 heavy (non-hydrogen) atoms. The molecule has 0 aromatic heterocycles. The van der Waals surface area contributed by atoms with Gasteiger partial charge in [-0.05, 0) is 135 Å². The first-order valence-electron chi connectivity index (χ1n) is 22.9. The van der Waals surface area contributed by atoms with Crippen LogP contribution in [-0.4, -0.2) is 30.6 Å². The van der Waals surface area contributed by atoms with E-state index in [-0.39, 0.29) is 94.7 Å². The van der Waals surface area contributed by atoms with Gasteiger partial charge in [0.05, 0.1) is 0 Å². The SMILES string of the molecule is CC(C)(C)c1cc2c(O)c(c1)Cc1cc(C(C)(C)C)cc(c1O)Cc1cc(Br)cc(c1O)Cc1cc(C(C)(C)C)cc(c1O)Cc1cc(C(C)(C)C)cc(c1O)Cc1cc(Br)cc(c1O)C2. The Morgan fingerprint density at radius 3 is 0.500 bits per heavy atom. The summed E-state index contributed by atoms with van der Waals surface area (Å²) in [5.74, 6) is 0.532. The smallest absolute Gasteiger partial charge is 0.122 e. The third kappa shape index (κ3) is 10.3. The maximum atomic E-state index is 12.2. The van der Waals surface area contributed by atoms with Crippen molar-refractivity contribution >= 4 is 31.9 Å². The molecule has 7 rings (SSSR count). The highest BCUT2D eigenvalue weighted by Crippen LogP contribution is 2.44. The molecule has 0 amide bonds. The minimum Gasteiger partial charge on any atom is -0.507 e. The fourth-order valence-corrected chi connectivity index (χ4v) is 10.2. The highest BCUT2D eigenvalue weighted by molar-refractivity contribution is 9.10. The van der Waals surface area contributed by atoms with Crippen molar-refractivity contribution in [2.24, 2.45) is 0 Å². The van der Waals surface area contributed by atoms with Crippen molar-refractivity contribution in [3.63, 3.8) is 0 Å². The lowest BCUT2D eigenvalue weighted by Gasteiger charge is -2.25. The van der Waals surface area contributed by atoms with Crippen LogP contribution < -0.4 is 0 Å². The first-order valence-corrected chi connectivity index (χ1v) is 24.5. The Balaban J connectivity index is 1.52. The predicted octanol–water partition coefficient (Wildman–Crippen LogP) is 14.5. The first-order chi connectivity index (χ1) is 30.5. The van der Waals surface area contributed by atoms with Crippen LogP contribution in [0.15, 0.2) is 81.7 Å². The van der Waals surface area contributed by atoms with Crippen LogP contribution in [0, 0.1) is 0 Å². The fraction of sp³-hybridized carbons (Fsp3) is 0.379. The number of halogens is 2. The second-order valence-electron chi connectivity index (χ2n) is 22.8. The van der Waals surface area contributed by atoms with E-state index in [0.29, 0.717) is 66.8 Å². The van der Waals surface area contributed by atoms with E-state index in [1.807, 2.05) is 72.8 Å². The maximum Gasteiger partial charge on any atom is 0.122 e. The van der Waals surface area contributed by atoms with E-state index in [0.717, 1.165) is 31.2 Å². The number of fused-ring (bicyclic) bond motifs is 12. The molecule has 1 aliphatic carbocycles. The van der Waals surface area contributed by atoms with Gasteiger partial charge in [-0.2, -0.15) is 0 Å². The Hall–Kier alpha value is -4.92. The van der Waals surface area contributed by atoms with Crippen LogP contribution in [0.3, 0.4) is 0 Å². The molecule has 0 saturated heterocycles. The number of rotatable bonds is 0. The van der Waals surface area contributed by atoms with E-state index >= 15 is 0 Å². The fourth-order valence-electron chi connectivity index (χ4n) is 9.06. The maximum absolute atomic E-state index is 12.2. The topological polar surface area (TPSA) is 121 Å². The molecule has 6 N–H and O–H groups in total. The molecule has 12 bridgehead atoms. The molecule has 6 nitrogen and oxygen atoms in total. The van der Waals surface area contributed by atoms with Crippen LogP contribution in [0.1, 0.15) is 172 Å². The largest absolute Gasteiger partial charge is 0.507 e. The zero-order valence-corrected chi connectivity index (χ0v) is 43.8. The Morgan fingerprint density at radius 2 is 0.379 bits per heavy atom. The number of aromatic hydroxyl groups is 6. The van der Waals surface area contributed by atoms with E-state index in [1.165, 1.54) is 0 Å². The molecule has 348 valence electrons. The van der Waals surface area contributed by atoms with E-state index in [1.54, 1.807) is 0 Å². The van der Waals surface area contributed by atoms with Crippen molar-refractivity contribution in [3.8, 4) is 34.5 Å². The summed E-state index contributed by atoms with van der Waals surface area (Å²) >= 11 is 7.45. The molecule has 0 radical (unpaired) electrons. The molecule has 0 unspecified atom stereocenters. The molecule has 1 aliphatic rings. The number of phenols is 6. The van der Waals surface area contributed by atoms with Gasteiger partial charge in [0.15, 0.2) is 0 Å². The van der Waals surface area contributed by atoms with Gasteiger partial charge in [0, 0.05) is 47.5 Å². The summed E-state index contributed by atoms with van der Waals surface area (Å²) in [5.41, 5.74) is 10.4. The minimum absolute atomic E-state index is 0.0790. The third-order valence-corrected chi connectivity index (χ3v) is 14.2. The molecule has 0 fully saturated rings. The van der Waals surface area contributed by atoms with Gasteiger partial charge in [-0.3, -0.25) is 0 Å².